The SMILES string of the molecule is CCn1nc(C)c(Br)c1COc1ccc(CNC)nc1. The summed E-state index contributed by atoms with van der Waals surface area (Å²) in [5.74, 6) is 0.762. The van der Waals surface area contributed by atoms with Crippen LogP contribution < -0.4 is 10.1 Å². The van der Waals surface area contributed by atoms with Crippen molar-refractivity contribution >= 4 is 15.9 Å². The number of rotatable bonds is 6. The van der Waals surface area contributed by atoms with Gasteiger partial charge in [-0.25, -0.2) is 0 Å². The number of halogens is 1. The van der Waals surface area contributed by atoms with Gasteiger partial charge in [0.2, 0.25) is 0 Å². The third kappa shape index (κ3) is 3.37. The predicted octanol–water partition coefficient (Wildman–Crippen LogP) is 2.67. The van der Waals surface area contributed by atoms with Crippen LogP contribution in [-0.2, 0) is 19.7 Å². The van der Waals surface area contributed by atoms with E-state index in [1.165, 1.54) is 0 Å². The van der Waals surface area contributed by atoms with E-state index in [0.717, 1.165) is 40.4 Å². The molecule has 2 aromatic heterocycles. The van der Waals surface area contributed by atoms with E-state index in [1.54, 1.807) is 6.20 Å². The van der Waals surface area contributed by atoms with Crippen LogP contribution in [-0.4, -0.2) is 21.8 Å². The molecule has 0 aliphatic carbocycles. The summed E-state index contributed by atoms with van der Waals surface area (Å²) in [6, 6.07) is 3.90. The quantitative estimate of drug-likeness (QED) is 0.879. The normalized spacial score (nSPS) is 10.8. The Morgan fingerprint density at radius 3 is 2.80 bits per heavy atom. The fourth-order valence-electron chi connectivity index (χ4n) is 1.94. The number of hydrogen-bond donors (Lipinski definition) is 1. The topological polar surface area (TPSA) is 52.0 Å². The third-order valence-corrected chi connectivity index (χ3v) is 4.02. The largest absolute Gasteiger partial charge is 0.486 e. The molecular formula is C14H19BrN4O. The highest BCUT2D eigenvalue weighted by Gasteiger charge is 2.12. The molecule has 0 bridgehead atoms. The van der Waals surface area contributed by atoms with Gasteiger partial charge in [0.1, 0.15) is 12.4 Å². The van der Waals surface area contributed by atoms with Crippen molar-refractivity contribution in [2.45, 2.75) is 33.5 Å². The van der Waals surface area contributed by atoms with Crippen molar-refractivity contribution < 1.29 is 4.74 Å². The molecule has 108 valence electrons. The van der Waals surface area contributed by atoms with E-state index in [2.05, 4.69) is 38.3 Å². The lowest BCUT2D eigenvalue weighted by molar-refractivity contribution is 0.290. The van der Waals surface area contributed by atoms with Crippen LogP contribution >= 0.6 is 15.9 Å². The minimum absolute atomic E-state index is 0.475. The molecule has 5 nitrogen and oxygen atoms in total. The Bertz CT molecular complexity index is 565. The highest BCUT2D eigenvalue weighted by atomic mass is 79.9. The van der Waals surface area contributed by atoms with Crippen LogP contribution in [0.3, 0.4) is 0 Å². The van der Waals surface area contributed by atoms with Crippen molar-refractivity contribution in [3.8, 4) is 5.75 Å². The second kappa shape index (κ2) is 6.85. The lowest BCUT2D eigenvalue weighted by Gasteiger charge is -2.08. The van der Waals surface area contributed by atoms with Crippen LogP contribution in [0.4, 0.5) is 0 Å². The van der Waals surface area contributed by atoms with Crippen molar-refractivity contribution in [3.63, 3.8) is 0 Å². The van der Waals surface area contributed by atoms with Gasteiger partial charge >= 0.3 is 0 Å². The number of nitrogens with one attached hydrogen (secondary N) is 1. The highest BCUT2D eigenvalue weighted by molar-refractivity contribution is 9.10. The van der Waals surface area contributed by atoms with E-state index in [9.17, 15) is 0 Å². The Kier molecular flexibility index (Phi) is 5.14. The summed E-state index contributed by atoms with van der Waals surface area (Å²) in [5, 5.41) is 7.51. The molecular weight excluding hydrogens is 320 g/mol. The monoisotopic (exact) mass is 338 g/mol. The molecule has 2 rings (SSSR count). The lowest BCUT2D eigenvalue weighted by atomic mass is 10.3. The summed E-state index contributed by atoms with van der Waals surface area (Å²) in [4.78, 5) is 4.33. The van der Waals surface area contributed by atoms with Gasteiger partial charge in [-0.05, 0) is 49.0 Å². The van der Waals surface area contributed by atoms with Gasteiger partial charge in [0.25, 0.3) is 0 Å². The lowest BCUT2D eigenvalue weighted by Crippen LogP contribution is -2.08. The molecule has 0 spiro atoms. The van der Waals surface area contributed by atoms with Crippen LogP contribution in [0.25, 0.3) is 0 Å². The molecule has 0 aromatic carbocycles. The number of hydrogen-bond acceptors (Lipinski definition) is 4. The molecule has 0 atom stereocenters. The summed E-state index contributed by atoms with van der Waals surface area (Å²) in [6.07, 6.45) is 1.75. The van der Waals surface area contributed by atoms with Crippen LogP contribution in [0.1, 0.15) is 24.0 Å². The molecule has 0 radical (unpaired) electrons. The van der Waals surface area contributed by atoms with Gasteiger partial charge in [-0.15, -0.1) is 0 Å². The van der Waals surface area contributed by atoms with Crippen molar-refractivity contribution in [1.29, 1.82) is 0 Å². The molecule has 0 aliphatic rings. The minimum Gasteiger partial charge on any atom is -0.486 e. The van der Waals surface area contributed by atoms with Gasteiger partial charge in [0.05, 0.1) is 27.8 Å². The first-order valence-electron chi connectivity index (χ1n) is 6.59. The molecule has 2 aromatic rings. The maximum Gasteiger partial charge on any atom is 0.138 e. The summed E-state index contributed by atoms with van der Waals surface area (Å²) < 4.78 is 8.75. The molecule has 6 heteroatoms. The standard InChI is InChI=1S/C14H19BrN4O/c1-4-19-13(14(15)10(2)18-19)9-20-12-6-5-11(7-16-3)17-8-12/h5-6,8,16H,4,7,9H2,1-3H3. The van der Waals surface area contributed by atoms with Crippen molar-refractivity contribution in [1.82, 2.24) is 20.1 Å². The number of ether oxygens (including phenoxy) is 1. The Morgan fingerprint density at radius 2 is 2.20 bits per heavy atom. The maximum absolute atomic E-state index is 5.79. The number of pyridine rings is 1. The maximum atomic E-state index is 5.79. The molecule has 0 aliphatic heterocycles. The first kappa shape index (κ1) is 15.0. The van der Waals surface area contributed by atoms with E-state index in [-0.39, 0.29) is 0 Å². The second-order valence-electron chi connectivity index (χ2n) is 4.47. The zero-order chi connectivity index (χ0) is 14.5. The zero-order valence-electron chi connectivity index (χ0n) is 12.0. The number of nitrogens with zero attached hydrogens (tertiary/aromatic N) is 3. The van der Waals surface area contributed by atoms with Crippen LogP contribution in [0.2, 0.25) is 0 Å². The number of aromatic nitrogens is 3. The molecule has 0 saturated carbocycles. The van der Waals surface area contributed by atoms with Crippen LogP contribution in [0, 0.1) is 6.92 Å². The molecule has 20 heavy (non-hydrogen) atoms. The average Bonchev–Trinajstić information content (AvgIpc) is 2.74. The molecule has 0 amide bonds. The second-order valence-corrected chi connectivity index (χ2v) is 5.26. The van der Waals surface area contributed by atoms with Gasteiger partial charge in [-0.1, -0.05) is 0 Å². The van der Waals surface area contributed by atoms with Crippen molar-refractivity contribution in [2.24, 2.45) is 0 Å². The van der Waals surface area contributed by atoms with E-state index < -0.39 is 0 Å². The van der Waals surface area contributed by atoms with Gasteiger partial charge in [0.15, 0.2) is 0 Å². The molecule has 2 heterocycles. The third-order valence-electron chi connectivity index (χ3n) is 2.98. The first-order valence-corrected chi connectivity index (χ1v) is 7.39. The Balaban J connectivity index is 2.05. The van der Waals surface area contributed by atoms with Gasteiger partial charge < -0.3 is 10.1 Å². The van der Waals surface area contributed by atoms with Crippen molar-refractivity contribution in [3.05, 3.63) is 39.9 Å². The van der Waals surface area contributed by atoms with Crippen LogP contribution in [0.15, 0.2) is 22.8 Å². The average molecular weight is 339 g/mol. The van der Waals surface area contributed by atoms with Crippen LogP contribution in [0.5, 0.6) is 5.75 Å². The smallest absolute Gasteiger partial charge is 0.138 e. The Morgan fingerprint density at radius 1 is 1.40 bits per heavy atom. The van der Waals surface area contributed by atoms with E-state index >= 15 is 0 Å². The summed E-state index contributed by atoms with van der Waals surface area (Å²) in [7, 11) is 1.90. The highest BCUT2D eigenvalue weighted by Crippen LogP contribution is 2.22. The Labute approximate surface area is 127 Å². The van der Waals surface area contributed by atoms with E-state index in [0.29, 0.717) is 6.61 Å². The molecule has 0 unspecified atom stereocenters. The van der Waals surface area contributed by atoms with E-state index in [4.69, 9.17) is 4.74 Å². The Hall–Kier alpha value is -1.40. The van der Waals surface area contributed by atoms with Gasteiger partial charge in [0, 0.05) is 13.1 Å². The van der Waals surface area contributed by atoms with Crippen molar-refractivity contribution in [2.75, 3.05) is 7.05 Å². The summed E-state index contributed by atoms with van der Waals surface area (Å²) in [5.41, 5.74) is 3.02. The van der Waals surface area contributed by atoms with E-state index in [1.807, 2.05) is 30.8 Å². The zero-order valence-corrected chi connectivity index (χ0v) is 13.6. The van der Waals surface area contributed by atoms with Gasteiger partial charge in [-0.2, -0.15) is 5.10 Å². The molecule has 0 saturated heterocycles. The fraction of sp³-hybridized carbons (Fsp3) is 0.429. The predicted molar refractivity (Wildman–Crippen MR) is 81.7 cm³/mol. The first-order chi connectivity index (χ1) is 9.65. The molecule has 0 fully saturated rings. The minimum atomic E-state index is 0.475. The summed E-state index contributed by atoms with van der Waals surface area (Å²) in [6.45, 7) is 6.10. The number of aryl methyl sites for hydroxylation is 2. The summed E-state index contributed by atoms with van der Waals surface area (Å²) >= 11 is 3.56. The van der Waals surface area contributed by atoms with Gasteiger partial charge in [-0.3, -0.25) is 9.67 Å². The molecule has 1 N–H and O–H groups in total. The fourth-order valence-corrected chi connectivity index (χ4v) is 2.34.